The van der Waals surface area contributed by atoms with Gasteiger partial charge < -0.3 is 4.74 Å². The Hall–Kier alpha value is -3.14. The Morgan fingerprint density at radius 3 is 2.10 bits per heavy atom. The van der Waals surface area contributed by atoms with Crippen molar-refractivity contribution >= 4 is 5.65 Å². The van der Waals surface area contributed by atoms with E-state index in [0.29, 0.717) is 0 Å². The highest BCUT2D eigenvalue weighted by Gasteiger charge is 2.16. The molecule has 0 fully saturated rings. The van der Waals surface area contributed by atoms with Crippen LogP contribution in [0.25, 0.3) is 28.0 Å². The fourth-order valence-corrected chi connectivity index (χ4v) is 3.35. The summed E-state index contributed by atoms with van der Waals surface area (Å²) >= 11 is 0. The van der Waals surface area contributed by atoms with Crippen LogP contribution in [-0.4, -0.2) is 20.5 Å². The Morgan fingerprint density at radius 2 is 1.48 bits per heavy atom. The summed E-state index contributed by atoms with van der Waals surface area (Å²) in [6.45, 7) is 10.6. The minimum atomic E-state index is 0.0383. The van der Waals surface area contributed by atoms with E-state index in [-0.39, 0.29) is 11.5 Å². The molecule has 4 aromatic rings. The highest BCUT2D eigenvalue weighted by molar-refractivity contribution is 5.69. The van der Waals surface area contributed by atoms with Crippen LogP contribution < -0.4 is 4.74 Å². The van der Waals surface area contributed by atoms with Crippen molar-refractivity contribution < 1.29 is 4.74 Å². The molecule has 148 valence electrons. The number of hydrogen-bond donors (Lipinski definition) is 0. The third-order valence-electron chi connectivity index (χ3n) is 4.89. The van der Waals surface area contributed by atoms with E-state index in [1.165, 1.54) is 0 Å². The number of rotatable bonds is 4. The second-order valence-corrected chi connectivity index (χ2v) is 8.66. The van der Waals surface area contributed by atoms with Gasteiger partial charge in [0.1, 0.15) is 11.4 Å². The van der Waals surface area contributed by atoms with Crippen LogP contribution in [0.2, 0.25) is 0 Å². The number of benzene rings is 1. The lowest BCUT2D eigenvalue weighted by Crippen LogP contribution is -2.12. The molecule has 4 rings (SSSR count). The number of aromatic nitrogens is 3. The summed E-state index contributed by atoms with van der Waals surface area (Å²) in [7, 11) is 0. The van der Waals surface area contributed by atoms with Crippen molar-refractivity contribution in [3.8, 4) is 28.1 Å². The molecule has 0 N–H and O–H groups in total. The first-order valence-electron chi connectivity index (χ1n) is 10.0. The molecule has 4 nitrogen and oxygen atoms in total. The van der Waals surface area contributed by atoms with E-state index < -0.39 is 0 Å². The first-order valence-corrected chi connectivity index (χ1v) is 10.0. The summed E-state index contributed by atoms with van der Waals surface area (Å²) in [5, 5.41) is 0. The maximum atomic E-state index is 5.75. The molecule has 0 saturated heterocycles. The zero-order valence-corrected chi connectivity index (χ0v) is 17.7. The molecule has 0 bridgehead atoms. The van der Waals surface area contributed by atoms with E-state index in [1.807, 2.05) is 44.4 Å². The normalized spacial score (nSPS) is 11.9. The van der Waals surface area contributed by atoms with E-state index in [4.69, 9.17) is 4.74 Å². The molecule has 0 unspecified atom stereocenters. The Bertz CT molecular complexity index is 1120. The Kier molecular flexibility index (Phi) is 4.87. The Labute approximate surface area is 172 Å². The van der Waals surface area contributed by atoms with E-state index in [1.54, 1.807) is 0 Å². The first-order chi connectivity index (χ1) is 13.8. The first kappa shape index (κ1) is 19.2. The van der Waals surface area contributed by atoms with Gasteiger partial charge in [0.2, 0.25) is 0 Å². The van der Waals surface area contributed by atoms with Gasteiger partial charge in [-0.25, -0.2) is 4.98 Å². The van der Waals surface area contributed by atoms with Crippen LogP contribution in [0.4, 0.5) is 0 Å². The molecule has 0 aliphatic carbocycles. The monoisotopic (exact) mass is 385 g/mol. The van der Waals surface area contributed by atoms with Crippen molar-refractivity contribution in [3.05, 3.63) is 72.8 Å². The Morgan fingerprint density at radius 1 is 0.793 bits per heavy atom. The molecule has 0 spiro atoms. The standard InChI is InChI=1S/C25H27N3O/c1-17(2)29-21-10-6-18(7-11-21)20-9-13-24-27-15-22(28(24)16-20)19-8-12-23(26-14-19)25(3,4)5/h6-17H,1-5H3. The van der Waals surface area contributed by atoms with Crippen LogP contribution in [0.15, 0.2) is 67.1 Å². The highest BCUT2D eigenvalue weighted by atomic mass is 16.5. The number of fused-ring (bicyclic) bond motifs is 1. The van der Waals surface area contributed by atoms with Crippen LogP contribution in [0.1, 0.15) is 40.3 Å². The molecule has 3 heterocycles. The number of ether oxygens (including phenoxy) is 1. The molecular weight excluding hydrogens is 358 g/mol. The predicted molar refractivity (Wildman–Crippen MR) is 118 cm³/mol. The zero-order chi connectivity index (χ0) is 20.6. The van der Waals surface area contributed by atoms with Crippen LogP contribution >= 0.6 is 0 Å². The quantitative estimate of drug-likeness (QED) is 0.423. The van der Waals surface area contributed by atoms with Crippen LogP contribution in [-0.2, 0) is 5.41 Å². The van der Waals surface area contributed by atoms with Gasteiger partial charge in [-0.1, -0.05) is 32.9 Å². The van der Waals surface area contributed by atoms with Crippen molar-refractivity contribution in [2.24, 2.45) is 0 Å². The molecule has 0 saturated carbocycles. The van der Waals surface area contributed by atoms with Gasteiger partial charge in [-0.15, -0.1) is 0 Å². The smallest absolute Gasteiger partial charge is 0.137 e. The molecule has 1 aromatic carbocycles. The van der Waals surface area contributed by atoms with E-state index in [0.717, 1.165) is 39.5 Å². The highest BCUT2D eigenvalue weighted by Crippen LogP contribution is 2.28. The van der Waals surface area contributed by atoms with E-state index in [9.17, 15) is 0 Å². The van der Waals surface area contributed by atoms with Gasteiger partial charge in [0.15, 0.2) is 0 Å². The van der Waals surface area contributed by atoms with Crippen LogP contribution in [0.5, 0.6) is 5.75 Å². The fraction of sp³-hybridized carbons (Fsp3) is 0.280. The van der Waals surface area contributed by atoms with Crippen molar-refractivity contribution in [2.45, 2.75) is 46.1 Å². The summed E-state index contributed by atoms with van der Waals surface area (Å²) in [5.74, 6) is 0.887. The third-order valence-corrected chi connectivity index (χ3v) is 4.89. The van der Waals surface area contributed by atoms with Crippen molar-refractivity contribution in [2.75, 3.05) is 0 Å². The topological polar surface area (TPSA) is 39.4 Å². The molecule has 4 heteroatoms. The molecule has 0 aliphatic rings. The summed E-state index contributed by atoms with van der Waals surface area (Å²) in [4.78, 5) is 9.23. The fourth-order valence-electron chi connectivity index (χ4n) is 3.35. The van der Waals surface area contributed by atoms with Crippen LogP contribution in [0, 0.1) is 0 Å². The summed E-state index contributed by atoms with van der Waals surface area (Å²) in [6.07, 6.45) is 6.15. The summed E-state index contributed by atoms with van der Waals surface area (Å²) in [5.41, 5.74) is 6.41. The summed E-state index contributed by atoms with van der Waals surface area (Å²) in [6, 6.07) is 16.6. The molecule has 0 radical (unpaired) electrons. The van der Waals surface area contributed by atoms with Gasteiger partial charge in [0.05, 0.1) is 18.0 Å². The van der Waals surface area contributed by atoms with Gasteiger partial charge in [-0.05, 0) is 61.4 Å². The average Bonchev–Trinajstić information content (AvgIpc) is 3.11. The number of pyridine rings is 2. The van der Waals surface area contributed by atoms with Crippen molar-refractivity contribution in [1.82, 2.24) is 14.4 Å². The largest absolute Gasteiger partial charge is 0.491 e. The lowest BCUT2D eigenvalue weighted by molar-refractivity contribution is 0.242. The minimum absolute atomic E-state index is 0.0383. The minimum Gasteiger partial charge on any atom is -0.491 e. The second kappa shape index (κ2) is 7.36. The number of imidazole rings is 1. The van der Waals surface area contributed by atoms with Gasteiger partial charge in [-0.3, -0.25) is 9.38 Å². The van der Waals surface area contributed by atoms with E-state index >= 15 is 0 Å². The lowest BCUT2D eigenvalue weighted by Gasteiger charge is -2.17. The molecular formula is C25H27N3O. The molecule has 0 atom stereocenters. The molecule has 3 aromatic heterocycles. The molecule has 0 aliphatic heterocycles. The third kappa shape index (κ3) is 4.02. The van der Waals surface area contributed by atoms with Gasteiger partial charge >= 0.3 is 0 Å². The number of hydrogen-bond acceptors (Lipinski definition) is 3. The second-order valence-electron chi connectivity index (χ2n) is 8.66. The van der Waals surface area contributed by atoms with Crippen molar-refractivity contribution in [3.63, 3.8) is 0 Å². The maximum Gasteiger partial charge on any atom is 0.137 e. The van der Waals surface area contributed by atoms with E-state index in [2.05, 4.69) is 71.7 Å². The molecule has 0 amide bonds. The number of nitrogens with zero attached hydrogens (tertiary/aromatic N) is 3. The summed E-state index contributed by atoms with van der Waals surface area (Å²) < 4.78 is 7.88. The van der Waals surface area contributed by atoms with Gasteiger partial charge in [0.25, 0.3) is 0 Å². The molecule has 29 heavy (non-hydrogen) atoms. The van der Waals surface area contributed by atoms with Gasteiger partial charge in [0, 0.05) is 29.1 Å². The van der Waals surface area contributed by atoms with Crippen LogP contribution in [0.3, 0.4) is 0 Å². The lowest BCUT2D eigenvalue weighted by atomic mass is 9.91. The maximum absolute atomic E-state index is 5.75. The van der Waals surface area contributed by atoms with Gasteiger partial charge in [-0.2, -0.15) is 0 Å². The average molecular weight is 386 g/mol. The van der Waals surface area contributed by atoms with Crippen molar-refractivity contribution in [1.29, 1.82) is 0 Å². The predicted octanol–water partition coefficient (Wildman–Crippen LogP) is 6.15. The Balaban J connectivity index is 1.69. The zero-order valence-electron chi connectivity index (χ0n) is 17.7. The SMILES string of the molecule is CC(C)Oc1ccc(-c2ccc3ncc(-c4ccc(C(C)(C)C)nc4)n3c2)cc1.